The topological polar surface area (TPSA) is 46.2 Å². The van der Waals surface area contributed by atoms with Gasteiger partial charge in [0.25, 0.3) is 0 Å². The highest BCUT2D eigenvalue weighted by Crippen LogP contribution is 2.32. The maximum atomic E-state index is 14.4. The van der Waals surface area contributed by atoms with Crippen LogP contribution in [0.2, 0.25) is 0 Å². The lowest BCUT2D eigenvalue weighted by molar-refractivity contribution is -0.141. The Morgan fingerprint density at radius 3 is 2.71 bits per heavy atom. The van der Waals surface area contributed by atoms with Crippen molar-refractivity contribution in [3.63, 3.8) is 0 Å². The molecule has 2 atom stereocenters. The fourth-order valence-electron chi connectivity index (χ4n) is 2.95. The molecule has 8 heteroatoms. The quantitative estimate of drug-likeness (QED) is 0.652. The molecule has 0 fully saturated rings. The Balaban J connectivity index is 1.69. The number of nitrogens with zero attached hydrogens (tertiary/aromatic N) is 1. The van der Waals surface area contributed by atoms with Gasteiger partial charge >= 0.3 is 6.18 Å². The largest absolute Gasteiger partial charge is 0.454 e. The molecule has 3 rings (SSSR count). The van der Waals surface area contributed by atoms with Gasteiger partial charge < -0.3 is 15.4 Å². The standard InChI is InChI=1S/C20H21F4N3O/c1-3-14-9-15(11-26-14)27-12(2)13-4-5-18(17(21)8-13)28-16-6-7-25-19(10-16)20(22,23)24/h4-8,10-12,14,26-27H,3,9H2,1-2H3/t12?,14-/m0/s1. The molecular formula is C20H21F4N3O. The van der Waals surface area contributed by atoms with Crippen LogP contribution in [0.5, 0.6) is 11.5 Å². The fraction of sp³-hybridized carbons (Fsp3) is 0.350. The molecule has 0 spiro atoms. The molecule has 0 saturated carbocycles. The highest BCUT2D eigenvalue weighted by Gasteiger charge is 2.32. The van der Waals surface area contributed by atoms with E-state index < -0.39 is 17.7 Å². The molecule has 2 N–H and O–H groups in total. The summed E-state index contributed by atoms with van der Waals surface area (Å²) in [5, 5.41) is 6.61. The number of hydrogen-bond acceptors (Lipinski definition) is 4. The second-order valence-electron chi connectivity index (χ2n) is 6.68. The van der Waals surface area contributed by atoms with E-state index in [0.29, 0.717) is 11.6 Å². The van der Waals surface area contributed by atoms with Gasteiger partial charge in [-0.15, -0.1) is 0 Å². The number of alkyl halides is 3. The first-order valence-corrected chi connectivity index (χ1v) is 8.98. The van der Waals surface area contributed by atoms with Crippen molar-refractivity contribution in [2.24, 2.45) is 0 Å². The molecule has 0 saturated heterocycles. The Morgan fingerprint density at radius 1 is 1.29 bits per heavy atom. The van der Waals surface area contributed by atoms with Gasteiger partial charge in [-0.3, -0.25) is 4.98 Å². The summed E-state index contributed by atoms with van der Waals surface area (Å²) in [7, 11) is 0. The van der Waals surface area contributed by atoms with Gasteiger partial charge in [0.1, 0.15) is 11.4 Å². The Morgan fingerprint density at radius 2 is 2.07 bits per heavy atom. The molecule has 4 nitrogen and oxygen atoms in total. The second-order valence-corrected chi connectivity index (χ2v) is 6.68. The van der Waals surface area contributed by atoms with E-state index in [2.05, 4.69) is 22.5 Å². The predicted molar refractivity (Wildman–Crippen MR) is 97.2 cm³/mol. The highest BCUT2D eigenvalue weighted by molar-refractivity contribution is 5.36. The maximum absolute atomic E-state index is 14.4. The molecule has 1 unspecified atom stereocenters. The summed E-state index contributed by atoms with van der Waals surface area (Å²) < 4.78 is 57.9. The molecule has 2 heterocycles. The Kier molecular flexibility index (Phi) is 5.76. The van der Waals surface area contributed by atoms with Crippen LogP contribution in [0, 0.1) is 5.82 Å². The molecule has 0 radical (unpaired) electrons. The third kappa shape index (κ3) is 4.74. The van der Waals surface area contributed by atoms with Crippen molar-refractivity contribution < 1.29 is 22.3 Å². The molecule has 1 aliphatic rings. The summed E-state index contributed by atoms with van der Waals surface area (Å²) in [6.45, 7) is 4.01. The van der Waals surface area contributed by atoms with Crippen LogP contribution in [0.1, 0.15) is 44.0 Å². The van der Waals surface area contributed by atoms with E-state index in [0.717, 1.165) is 30.8 Å². The van der Waals surface area contributed by atoms with Crippen LogP contribution in [0.4, 0.5) is 17.6 Å². The van der Waals surface area contributed by atoms with Crippen LogP contribution in [0.25, 0.3) is 0 Å². The number of hydrogen-bond donors (Lipinski definition) is 2. The maximum Gasteiger partial charge on any atom is 0.433 e. The minimum absolute atomic E-state index is 0.132. The molecular weight excluding hydrogens is 374 g/mol. The van der Waals surface area contributed by atoms with E-state index in [1.54, 1.807) is 6.07 Å². The Bertz CT molecular complexity index is 867. The zero-order valence-electron chi connectivity index (χ0n) is 15.5. The second kappa shape index (κ2) is 8.08. The predicted octanol–water partition coefficient (Wildman–Crippen LogP) is 5.30. The monoisotopic (exact) mass is 395 g/mol. The van der Waals surface area contributed by atoms with Gasteiger partial charge in [0.2, 0.25) is 0 Å². The molecule has 1 aromatic carbocycles. The first-order chi connectivity index (χ1) is 13.3. The first-order valence-electron chi connectivity index (χ1n) is 8.98. The number of nitrogens with one attached hydrogen (secondary N) is 2. The van der Waals surface area contributed by atoms with Crippen LogP contribution in [-0.2, 0) is 6.18 Å². The van der Waals surface area contributed by atoms with Crippen LogP contribution >= 0.6 is 0 Å². The average Bonchev–Trinajstić information content (AvgIpc) is 3.10. The van der Waals surface area contributed by atoms with E-state index in [1.807, 2.05) is 13.1 Å². The van der Waals surface area contributed by atoms with Gasteiger partial charge in [0, 0.05) is 42.7 Å². The highest BCUT2D eigenvalue weighted by atomic mass is 19.4. The summed E-state index contributed by atoms with van der Waals surface area (Å²) in [6.07, 6.45) is 0.211. The van der Waals surface area contributed by atoms with Gasteiger partial charge in [-0.05, 0) is 37.1 Å². The van der Waals surface area contributed by atoms with Crippen LogP contribution in [0.3, 0.4) is 0 Å². The zero-order chi connectivity index (χ0) is 20.3. The lowest BCUT2D eigenvalue weighted by atomic mass is 10.1. The molecule has 0 bridgehead atoms. The molecule has 150 valence electrons. The van der Waals surface area contributed by atoms with E-state index in [-0.39, 0.29) is 17.5 Å². The zero-order valence-corrected chi connectivity index (χ0v) is 15.5. The van der Waals surface area contributed by atoms with Crippen molar-refractivity contribution in [1.82, 2.24) is 15.6 Å². The van der Waals surface area contributed by atoms with Crippen molar-refractivity contribution >= 4 is 0 Å². The summed E-state index contributed by atoms with van der Waals surface area (Å²) in [6, 6.07) is 6.67. The van der Waals surface area contributed by atoms with Crippen molar-refractivity contribution in [2.45, 2.75) is 44.9 Å². The molecule has 1 aliphatic heterocycles. The van der Waals surface area contributed by atoms with Gasteiger partial charge in [0.15, 0.2) is 11.6 Å². The van der Waals surface area contributed by atoms with E-state index in [4.69, 9.17) is 4.74 Å². The SMILES string of the molecule is CC[C@H]1CC(NC(C)c2ccc(Oc3ccnc(C(F)(F)F)c3)c(F)c2)=CN1. The molecule has 0 amide bonds. The summed E-state index contributed by atoms with van der Waals surface area (Å²) in [5.41, 5.74) is 0.664. The van der Waals surface area contributed by atoms with E-state index in [1.165, 1.54) is 18.2 Å². The Hall–Kier alpha value is -2.77. The summed E-state index contributed by atoms with van der Waals surface area (Å²) >= 11 is 0. The number of halogens is 4. The van der Waals surface area contributed by atoms with E-state index >= 15 is 0 Å². The fourth-order valence-corrected chi connectivity index (χ4v) is 2.95. The summed E-state index contributed by atoms with van der Waals surface area (Å²) in [5.74, 6) is -0.933. The minimum atomic E-state index is -4.59. The normalized spacial score (nSPS) is 17.6. The third-order valence-corrected chi connectivity index (χ3v) is 4.56. The van der Waals surface area contributed by atoms with Crippen LogP contribution in [0.15, 0.2) is 48.4 Å². The smallest absolute Gasteiger partial charge is 0.433 e. The minimum Gasteiger partial charge on any atom is -0.454 e. The lowest BCUT2D eigenvalue weighted by Crippen LogP contribution is -2.20. The lowest BCUT2D eigenvalue weighted by Gasteiger charge is -2.18. The van der Waals surface area contributed by atoms with Crippen molar-refractivity contribution in [2.75, 3.05) is 0 Å². The van der Waals surface area contributed by atoms with Gasteiger partial charge in [-0.1, -0.05) is 13.0 Å². The van der Waals surface area contributed by atoms with Gasteiger partial charge in [-0.2, -0.15) is 13.2 Å². The molecule has 1 aromatic heterocycles. The van der Waals surface area contributed by atoms with Crippen LogP contribution in [-0.4, -0.2) is 11.0 Å². The van der Waals surface area contributed by atoms with Crippen molar-refractivity contribution in [3.8, 4) is 11.5 Å². The van der Waals surface area contributed by atoms with E-state index in [9.17, 15) is 17.6 Å². The molecule has 28 heavy (non-hydrogen) atoms. The first kappa shape index (κ1) is 20.0. The number of ether oxygens (including phenoxy) is 1. The summed E-state index contributed by atoms with van der Waals surface area (Å²) in [4.78, 5) is 3.25. The number of aromatic nitrogens is 1. The van der Waals surface area contributed by atoms with Crippen molar-refractivity contribution in [1.29, 1.82) is 0 Å². The van der Waals surface area contributed by atoms with Crippen LogP contribution < -0.4 is 15.4 Å². The number of rotatable bonds is 6. The van der Waals surface area contributed by atoms with Gasteiger partial charge in [0.05, 0.1) is 0 Å². The Labute approximate surface area is 160 Å². The third-order valence-electron chi connectivity index (χ3n) is 4.56. The van der Waals surface area contributed by atoms with Gasteiger partial charge in [-0.25, -0.2) is 4.39 Å². The number of pyridine rings is 1. The molecule has 0 aliphatic carbocycles. The molecule has 2 aromatic rings. The number of benzene rings is 1. The van der Waals surface area contributed by atoms with Crippen molar-refractivity contribution in [3.05, 3.63) is 65.5 Å². The average molecular weight is 395 g/mol.